The average molecular weight is 496 g/mol. The van der Waals surface area contributed by atoms with Gasteiger partial charge in [-0.25, -0.2) is 13.4 Å². The van der Waals surface area contributed by atoms with Crippen molar-refractivity contribution in [1.29, 1.82) is 0 Å². The van der Waals surface area contributed by atoms with Gasteiger partial charge < -0.3 is 4.90 Å². The van der Waals surface area contributed by atoms with Gasteiger partial charge in [-0.1, -0.05) is 42.0 Å². The number of benzene rings is 2. The molecule has 0 unspecified atom stereocenters. The van der Waals surface area contributed by atoms with Crippen molar-refractivity contribution in [3.8, 4) is 0 Å². The number of hydrogen-bond donors (Lipinski definition) is 0. The second kappa shape index (κ2) is 9.24. The molecule has 0 N–H and O–H groups in total. The smallest absolute Gasteiger partial charge is 0.243 e. The first-order valence-corrected chi connectivity index (χ1v) is 14.0. The second-order valence-corrected chi connectivity index (χ2v) is 12.1. The van der Waals surface area contributed by atoms with Crippen LogP contribution in [0.15, 0.2) is 59.5 Å². The summed E-state index contributed by atoms with van der Waals surface area (Å²) in [5.41, 5.74) is 2.77. The van der Waals surface area contributed by atoms with E-state index >= 15 is 0 Å². The lowest BCUT2D eigenvalue weighted by molar-refractivity contribution is -0.137. The molecule has 1 aromatic heterocycles. The fourth-order valence-corrected chi connectivity index (χ4v) is 7.79. The Morgan fingerprint density at radius 2 is 1.74 bits per heavy atom. The zero-order valence-electron chi connectivity index (χ0n) is 19.5. The number of nitrogens with zero attached hydrogens (tertiary/aromatic N) is 3. The number of aromatic nitrogens is 1. The van der Waals surface area contributed by atoms with Crippen molar-refractivity contribution in [3.05, 3.63) is 70.8 Å². The van der Waals surface area contributed by atoms with Gasteiger partial charge in [-0.3, -0.25) is 4.79 Å². The number of sulfonamides is 1. The van der Waals surface area contributed by atoms with Gasteiger partial charge in [-0.05, 0) is 50.5 Å². The van der Waals surface area contributed by atoms with E-state index in [4.69, 9.17) is 4.98 Å². The topological polar surface area (TPSA) is 70.6 Å². The molecule has 178 valence electrons. The summed E-state index contributed by atoms with van der Waals surface area (Å²) < 4.78 is 29.1. The number of thiazole rings is 1. The highest BCUT2D eigenvalue weighted by molar-refractivity contribution is 7.89. The molecular weight excluding hydrogens is 466 g/mol. The van der Waals surface area contributed by atoms with Crippen molar-refractivity contribution in [2.75, 3.05) is 26.2 Å². The van der Waals surface area contributed by atoms with Crippen LogP contribution in [0.4, 0.5) is 0 Å². The molecule has 2 aliphatic rings. The van der Waals surface area contributed by atoms with Crippen molar-refractivity contribution in [3.63, 3.8) is 0 Å². The number of para-hydroxylation sites is 1. The van der Waals surface area contributed by atoms with Gasteiger partial charge >= 0.3 is 0 Å². The highest BCUT2D eigenvalue weighted by Crippen LogP contribution is 2.39. The second-order valence-electron chi connectivity index (χ2n) is 9.17. The molecule has 6 nitrogen and oxygen atoms in total. The maximum Gasteiger partial charge on any atom is 0.243 e. The minimum absolute atomic E-state index is 0.0619. The lowest BCUT2D eigenvalue weighted by Gasteiger charge is -2.37. The van der Waals surface area contributed by atoms with E-state index in [1.54, 1.807) is 17.4 Å². The van der Waals surface area contributed by atoms with Crippen LogP contribution in [-0.4, -0.2) is 54.7 Å². The maximum absolute atomic E-state index is 13.6. The van der Waals surface area contributed by atoms with Crippen LogP contribution in [0.1, 0.15) is 34.9 Å². The molecule has 1 aliphatic carbocycles. The van der Waals surface area contributed by atoms with Crippen LogP contribution in [0.3, 0.4) is 0 Å². The Hall–Kier alpha value is -2.55. The normalized spacial score (nSPS) is 21.8. The van der Waals surface area contributed by atoms with Crippen molar-refractivity contribution in [2.24, 2.45) is 5.92 Å². The third-order valence-corrected chi connectivity index (χ3v) is 10.1. The minimum atomic E-state index is -3.58. The summed E-state index contributed by atoms with van der Waals surface area (Å²) in [5.74, 6) is 0.0112. The Bertz CT molecular complexity index is 1320. The van der Waals surface area contributed by atoms with Crippen LogP contribution in [0.5, 0.6) is 0 Å². The third kappa shape index (κ3) is 4.30. The van der Waals surface area contributed by atoms with E-state index in [-0.39, 0.29) is 17.7 Å². The summed E-state index contributed by atoms with van der Waals surface area (Å²) in [7, 11) is -3.58. The summed E-state index contributed by atoms with van der Waals surface area (Å²) in [6.07, 6.45) is 5.74. The van der Waals surface area contributed by atoms with Crippen molar-refractivity contribution in [1.82, 2.24) is 14.2 Å². The molecule has 2 heterocycles. The monoisotopic (exact) mass is 495 g/mol. The van der Waals surface area contributed by atoms with E-state index in [0.29, 0.717) is 37.5 Å². The number of fused-ring (bicyclic) bond motifs is 1. The van der Waals surface area contributed by atoms with Crippen molar-refractivity contribution < 1.29 is 13.2 Å². The van der Waals surface area contributed by atoms with Crippen LogP contribution in [0, 0.1) is 19.8 Å². The molecule has 1 aliphatic heterocycles. The quantitative estimate of drug-likeness (QED) is 0.500. The van der Waals surface area contributed by atoms with Crippen LogP contribution in [0.25, 0.3) is 10.2 Å². The number of hydrogen-bond acceptors (Lipinski definition) is 5. The standard InChI is InChI=1S/C26H29N3O3S2/c1-18-11-12-24(19(2)17-18)34(31,32)29-15-13-28(14-16-29)26(30)21-8-4-3-7-20(21)25-27-22-9-5-6-10-23(22)33-25/h3-6,9-12,17,20-21H,7-8,13-16H2,1-2H3/t20-,21+/m0/s1. The highest BCUT2D eigenvalue weighted by Gasteiger charge is 2.37. The van der Waals surface area contributed by atoms with Crippen molar-refractivity contribution in [2.45, 2.75) is 37.5 Å². The summed E-state index contributed by atoms with van der Waals surface area (Å²) in [6.45, 7) is 5.24. The van der Waals surface area contributed by atoms with Crippen molar-refractivity contribution >= 4 is 37.5 Å². The first kappa shape index (κ1) is 23.2. The molecule has 5 rings (SSSR count). The molecule has 0 spiro atoms. The molecule has 1 saturated heterocycles. The lowest BCUT2D eigenvalue weighted by atomic mass is 9.82. The van der Waals surface area contributed by atoms with Crippen LogP contribution >= 0.6 is 11.3 Å². The molecule has 3 aromatic rings. The fraction of sp³-hybridized carbons (Fsp3) is 0.385. The maximum atomic E-state index is 13.6. The number of amides is 1. The molecule has 1 amide bonds. The van der Waals surface area contributed by atoms with Gasteiger partial charge in [-0.2, -0.15) is 4.31 Å². The van der Waals surface area contributed by atoms with Crippen LogP contribution in [-0.2, 0) is 14.8 Å². The molecule has 0 saturated carbocycles. The molecule has 2 aromatic carbocycles. The Balaban J connectivity index is 1.30. The van der Waals surface area contributed by atoms with Gasteiger partial charge in [0.2, 0.25) is 15.9 Å². The zero-order chi connectivity index (χ0) is 23.9. The van der Waals surface area contributed by atoms with Gasteiger partial charge in [0, 0.05) is 32.1 Å². The molecule has 1 fully saturated rings. The molecule has 0 bridgehead atoms. The molecule has 34 heavy (non-hydrogen) atoms. The molecular formula is C26H29N3O3S2. The number of aryl methyl sites for hydroxylation is 2. The number of carbonyl (C=O) groups excluding carboxylic acids is 1. The van der Waals surface area contributed by atoms with E-state index in [9.17, 15) is 13.2 Å². The van der Waals surface area contributed by atoms with E-state index in [1.165, 1.54) is 4.31 Å². The first-order chi connectivity index (χ1) is 16.3. The molecule has 8 heteroatoms. The average Bonchev–Trinajstić information content (AvgIpc) is 3.28. The number of carbonyl (C=O) groups is 1. The van der Waals surface area contributed by atoms with Gasteiger partial charge in [0.1, 0.15) is 0 Å². The fourth-order valence-electron chi connectivity index (χ4n) is 5.02. The SMILES string of the molecule is Cc1ccc(S(=O)(=O)N2CCN(C(=O)[C@@H]3CC=CC[C@@H]3c3nc4ccccc4s3)CC2)c(C)c1. The molecule has 0 radical (unpaired) electrons. The predicted octanol–water partition coefficient (Wildman–Crippen LogP) is 4.50. The molecule has 2 atom stereocenters. The summed E-state index contributed by atoms with van der Waals surface area (Å²) in [5, 5.41) is 1.01. The Morgan fingerprint density at radius 1 is 1.00 bits per heavy atom. The number of allylic oxidation sites excluding steroid dienone is 2. The summed E-state index contributed by atoms with van der Waals surface area (Å²) in [6, 6.07) is 13.5. The predicted molar refractivity (Wildman–Crippen MR) is 135 cm³/mol. The zero-order valence-corrected chi connectivity index (χ0v) is 21.1. The Labute approximate surface area is 205 Å². The number of rotatable bonds is 4. The van der Waals surface area contributed by atoms with Crippen LogP contribution < -0.4 is 0 Å². The summed E-state index contributed by atoms with van der Waals surface area (Å²) >= 11 is 1.67. The van der Waals surface area contributed by atoms with Gasteiger partial charge in [0.15, 0.2) is 0 Å². The minimum Gasteiger partial charge on any atom is -0.340 e. The Kier molecular flexibility index (Phi) is 6.31. The highest BCUT2D eigenvalue weighted by atomic mass is 32.2. The van der Waals surface area contributed by atoms with E-state index in [0.717, 1.165) is 32.8 Å². The van der Waals surface area contributed by atoms with Gasteiger partial charge in [0.25, 0.3) is 0 Å². The summed E-state index contributed by atoms with van der Waals surface area (Å²) in [4.78, 5) is 20.6. The largest absolute Gasteiger partial charge is 0.340 e. The van der Waals surface area contributed by atoms with E-state index in [1.807, 2.05) is 49.1 Å². The number of piperazine rings is 1. The van der Waals surface area contributed by atoms with E-state index < -0.39 is 10.0 Å². The third-order valence-electron chi connectivity index (χ3n) is 6.88. The van der Waals surface area contributed by atoms with E-state index in [2.05, 4.69) is 18.2 Å². The van der Waals surface area contributed by atoms with Gasteiger partial charge in [0.05, 0.1) is 26.0 Å². The Morgan fingerprint density at radius 3 is 2.47 bits per heavy atom. The van der Waals surface area contributed by atoms with Gasteiger partial charge in [-0.15, -0.1) is 11.3 Å². The lowest BCUT2D eigenvalue weighted by Crippen LogP contribution is -2.52. The van der Waals surface area contributed by atoms with Crippen LogP contribution in [0.2, 0.25) is 0 Å². The first-order valence-electron chi connectivity index (χ1n) is 11.7.